The van der Waals surface area contributed by atoms with E-state index in [0.717, 1.165) is 5.56 Å². The summed E-state index contributed by atoms with van der Waals surface area (Å²) in [5, 5.41) is 2.55. The Morgan fingerprint density at radius 3 is 2.20 bits per heavy atom. The van der Waals surface area contributed by atoms with Gasteiger partial charge in [-0.15, -0.1) is 5.92 Å². The van der Waals surface area contributed by atoms with E-state index in [1.807, 2.05) is 0 Å². The molecule has 0 saturated carbocycles. The molecule has 1 aromatic carbocycles. The van der Waals surface area contributed by atoms with E-state index in [-0.39, 0.29) is 0 Å². The Bertz CT molecular complexity index is 560. The molecule has 0 saturated heterocycles. The highest BCUT2D eigenvalue weighted by atomic mass is 16.2. The van der Waals surface area contributed by atoms with Gasteiger partial charge in [0.05, 0.1) is 0 Å². The first-order valence-electron chi connectivity index (χ1n) is 6.17. The Balaban J connectivity index is 2.89. The van der Waals surface area contributed by atoms with Crippen LogP contribution in [-0.4, -0.2) is 23.4 Å². The van der Waals surface area contributed by atoms with E-state index in [4.69, 9.17) is 11.5 Å². The van der Waals surface area contributed by atoms with E-state index in [1.54, 1.807) is 45.0 Å². The molecule has 5 nitrogen and oxygen atoms in total. The summed E-state index contributed by atoms with van der Waals surface area (Å²) in [7, 11) is 0. The van der Waals surface area contributed by atoms with Gasteiger partial charge in [0, 0.05) is 16.7 Å². The van der Waals surface area contributed by atoms with Crippen molar-refractivity contribution in [2.45, 2.75) is 32.4 Å². The predicted molar refractivity (Wildman–Crippen MR) is 77.7 cm³/mol. The molecule has 20 heavy (non-hydrogen) atoms. The monoisotopic (exact) mass is 273 g/mol. The van der Waals surface area contributed by atoms with E-state index < -0.39 is 23.4 Å². The van der Waals surface area contributed by atoms with Crippen molar-refractivity contribution >= 4 is 11.8 Å². The molecular formula is C15H19N3O2. The van der Waals surface area contributed by atoms with Crippen molar-refractivity contribution in [3.63, 3.8) is 0 Å². The molecule has 1 atom stereocenters. The first kappa shape index (κ1) is 15.7. The molecule has 0 heterocycles. The molecule has 0 aromatic heterocycles. The SMILES string of the molecule is CC#Cc1ccc(C(=O)NC(C(N)=O)C(C)(C)N)cc1. The van der Waals surface area contributed by atoms with Crippen LogP contribution in [0.3, 0.4) is 0 Å². The maximum absolute atomic E-state index is 12.1. The summed E-state index contributed by atoms with van der Waals surface area (Å²) in [6, 6.07) is 5.80. The van der Waals surface area contributed by atoms with E-state index in [0.29, 0.717) is 5.56 Å². The van der Waals surface area contributed by atoms with Crippen molar-refractivity contribution in [1.82, 2.24) is 5.32 Å². The van der Waals surface area contributed by atoms with Gasteiger partial charge in [-0.25, -0.2) is 0 Å². The largest absolute Gasteiger partial charge is 0.368 e. The average molecular weight is 273 g/mol. The van der Waals surface area contributed by atoms with Crippen molar-refractivity contribution in [3.8, 4) is 11.8 Å². The first-order chi connectivity index (χ1) is 9.25. The maximum atomic E-state index is 12.1. The molecule has 0 aliphatic carbocycles. The zero-order valence-corrected chi connectivity index (χ0v) is 11.9. The fourth-order valence-corrected chi connectivity index (χ4v) is 1.69. The quantitative estimate of drug-likeness (QED) is 0.692. The van der Waals surface area contributed by atoms with Gasteiger partial charge in [-0.3, -0.25) is 9.59 Å². The van der Waals surface area contributed by atoms with Gasteiger partial charge in [0.15, 0.2) is 0 Å². The predicted octanol–water partition coefficient (Wildman–Crippen LogP) is 0.379. The molecule has 5 heteroatoms. The van der Waals surface area contributed by atoms with E-state index in [1.165, 1.54) is 0 Å². The summed E-state index contributed by atoms with van der Waals surface area (Å²) >= 11 is 0. The second-order valence-electron chi connectivity index (χ2n) is 5.08. The summed E-state index contributed by atoms with van der Waals surface area (Å²) < 4.78 is 0. The van der Waals surface area contributed by atoms with Crippen molar-refractivity contribution in [3.05, 3.63) is 35.4 Å². The highest BCUT2D eigenvalue weighted by molar-refractivity contribution is 5.97. The van der Waals surface area contributed by atoms with Crippen LogP contribution in [0.2, 0.25) is 0 Å². The lowest BCUT2D eigenvalue weighted by Gasteiger charge is -2.28. The lowest BCUT2D eigenvalue weighted by molar-refractivity contribution is -0.121. The van der Waals surface area contributed by atoms with Crippen LogP contribution in [0.15, 0.2) is 24.3 Å². The number of nitrogens with one attached hydrogen (secondary N) is 1. The van der Waals surface area contributed by atoms with Crippen LogP contribution in [0, 0.1) is 11.8 Å². The molecule has 1 unspecified atom stereocenters. The highest BCUT2D eigenvalue weighted by Gasteiger charge is 2.31. The highest BCUT2D eigenvalue weighted by Crippen LogP contribution is 2.08. The van der Waals surface area contributed by atoms with E-state index >= 15 is 0 Å². The Morgan fingerprint density at radius 2 is 1.80 bits per heavy atom. The van der Waals surface area contributed by atoms with Gasteiger partial charge in [0.2, 0.25) is 5.91 Å². The van der Waals surface area contributed by atoms with Crippen LogP contribution in [0.25, 0.3) is 0 Å². The minimum Gasteiger partial charge on any atom is -0.368 e. The number of hydrogen-bond donors (Lipinski definition) is 3. The number of amides is 2. The van der Waals surface area contributed by atoms with Crippen LogP contribution in [0.1, 0.15) is 36.7 Å². The number of primary amides is 1. The van der Waals surface area contributed by atoms with E-state index in [2.05, 4.69) is 17.2 Å². The fourth-order valence-electron chi connectivity index (χ4n) is 1.69. The summed E-state index contributed by atoms with van der Waals surface area (Å²) in [5.74, 6) is 4.59. The van der Waals surface area contributed by atoms with Crippen LogP contribution in [-0.2, 0) is 4.79 Å². The Kier molecular flexibility index (Phi) is 4.89. The molecule has 0 aliphatic heterocycles. The summed E-state index contributed by atoms with van der Waals surface area (Å²) in [4.78, 5) is 23.4. The third kappa shape index (κ3) is 4.11. The van der Waals surface area contributed by atoms with Crippen molar-refractivity contribution < 1.29 is 9.59 Å². The third-order valence-electron chi connectivity index (χ3n) is 2.72. The minimum atomic E-state index is -0.940. The number of carbonyl (C=O) groups excluding carboxylic acids is 2. The van der Waals surface area contributed by atoms with Gasteiger partial charge in [0.1, 0.15) is 6.04 Å². The number of rotatable bonds is 4. The minimum absolute atomic E-state index is 0.400. The van der Waals surface area contributed by atoms with Crippen LogP contribution in [0.4, 0.5) is 0 Å². The summed E-state index contributed by atoms with van der Waals surface area (Å²) in [6.07, 6.45) is 0. The van der Waals surface area contributed by atoms with Gasteiger partial charge in [-0.1, -0.05) is 5.92 Å². The van der Waals surface area contributed by atoms with Gasteiger partial charge < -0.3 is 16.8 Å². The van der Waals surface area contributed by atoms with Crippen molar-refractivity contribution in [2.24, 2.45) is 11.5 Å². The second kappa shape index (κ2) is 6.22. The Labute approximate surface area is 118 Å². The van der Waals surface area contributed by atoms with E-state index in [9.17, 15) is 9.59 Å². The molecule has 0 aliphatic rings. The zero-order valence-electron chi connectivity index (χ0n) is 11.9. The molecule has 106 valence electrons. The molecule has 0 spiro atoms. The second-order valence-corrected chi connectivity index (χ2v) is 5.08. The van der Waals surface area contributed by atoms with Crippen molar-refractivity contribution in [1.29, 1.82) is 0 Å². The smallest absolute Gasteiger partial charge is 0.251 e. The molecule has 0 fully saturated rings. The van der Waals surface area contributed by atoms with Crippen LogP contribution in [0.5, 0.6) is 0 Å². The van der Waals surface area contributed by atoms with Crippen LogP contribution < -0.4 is 16.8 Å². The van der Waals surface area contributed by atoms with Crippen molar-refractivity contribution in [2.75, 3.05) is 0 Å². The standard InChI is InChI=1S/C15H19N3O2/c1-4-5-10-6-8-11(9-7-10)14(20)18-12(13(16)19)15(2,3)17/h6-9,12H,17H2,1-3H3,(H2,16,19)(H,18,20). The molecule has 2 amide bonds. The van der Waals surface area contributed by atoms with Gasteiger partial charge in [-0.2, -0.15) is 0 Å². The maximum Gasteiger partial charge on any atom is 0.251 e. The molecule has 1 aromatic rings. The Morgan fingerprint density at radius 1 is 1.25 bits per heavy atom. The Hall–Kier alpha value is -2.32. The molecule has 0 bridgehead atoms. The normalized spacial score (nSPS) is 12.0. The number of carbonyl (C=O) groups is 2. The lowest BCUT2D eigenvalue weighted by atomic mass is 9.95. The first-order valence-corrected chi connectivity index (χ1v) is 6.17. The number of benzene rings is 1. The van der Waals surface area contributed by atoms with Gasteiger partial charge in [0.25, 0.3) is 5.91 Å². The molecule has 0 radical (unpaired) electrons. The summed E-state index contributed by atoms with van der Waals surface area (Å²) in [6.45, 7) is 4.99. The van der Waals surface area contributed by atoms with Crippen LogP contribution >= 0.6 is 0 Å². The third-order valence-corrected chi connectivity index (χ3v) is 2.72. The zero-order chi connectivity index (χ0) is 15.3. The molecular weight excluding hydrogens is 254 g/mol. The topological polar surface area (TPSA) is 98.2 Å². The summed E-state index contributed by atoms with van der Waals surface area (Å²) in [5.41, 5.74) is 11.4. The average Bonchev–Trinajstić information content (AvgIpc) is 2.35. The van der Waals surface area contributed by atoms with Gasteiger partial charge >= 0.3 is 0 Å². The fraction of sp³-hybridized carbons (Fsp3) is 0.333. The molecule has 1 rings (SSSR count). The molecule has 5 N–H and O–H groups in total. The number of nitrogens with two attached hydrogens (primary N) is 2. The lowest BCUT2D eigenvalue weighted by Crippen LogP contribution is -2.60. The number of hydrogen-bond acceptors (Lipinski definition) is 3. The van der Waals surface area contributed by atoms with Gasteiger partial charge in [-0.05, 0) is 45.0 Å².